The van der Waals surface area contributed by atoms with Crippen molar-refractivity contribution in [3.63, 3.8) is 0 Å². The van der Waals surface area contributed by atoms with Crippen LogP contribution in [0.15, 0.2) is 164 Å². The minimum Gasteiger partial charge on any atom is -0.388 e. The molecule has 2 atom stereocenters. The highest BCUT2D eigenvalue weighted by Crippen LogP contribution is 2.40. The number of hydrogen-bond acceptors (Lipinski definition) is 4. The molecule has 10 aromatic rings. The van der Waals surface area contributed by atoms with Crippen molar-refractivity contribution in [2.24, 2.45) is 5.92 Å². The quantitative estimate of drug-likeness (QED) is 0.191. The molecule has 11 rings (SSSR count). The number of para-hydroxylation sites is 2. The summed E-state index contributed by atoms with van der Waals surface area (Å²) in [5.41, 5.74) is 12.3. The van der Waals surface area contributed by atoms with Crippen LogP contribution >= 0.6 is 11.3 Å². The molecule has 1 aliphatic rings. The SMILES string of the molecule is CC1CC(c2cc(-c3ccccc3)cc(-c3nc(-n4c5ccccc5c5ccc(-c6ccc7sc8ccccc8c7c6)cc54)nc4ccccc34)c2)=CNC1C. The summed E-state index contributed by atoms with van der Waals surface area (Å²) in [5, 5.41) is 9.63. The van der Waals surface area contributed by atoms with E-state index < -0.39 is 0 Å². The lowest BCUT2D eigenvalue weighted by molar-refractivity contribution is 0.431. The Balaban J connectivity index is 1.14. The molecule has 0 aliphatic carbocycles. The van der Waals surface area contributed by atoms with E-state index in [-0.39, 0.29) is 0 Å². The predicted molar refractivity (Wildman–Crippen MR) is 237 cm³/mol. The van der Waals surface area contributed by atoms with Crippen LogP contribution in [0.25, 0.3) is 97.9 Å². The molecule has 5 heteroatoms. The van der Waals surface area contributed by atoms with Gasteiger partial charge < -0.3 is 5.32 Å². The second kappa shape index (κ2) is 13.0. The number of aromatic nitrogens is 3. The molecule has 7 aromatic carbocycles. The maximum Gasteiger partial charge on any atom is 0.235 e. The number of rotatable bonds is 5. The minimum absolute atomic E-state index is 0.439. The van der Waals surface area contributed by atoms with Gasteiger partial charge in [0.25, 0.3) is 0 Å². The normalized spacial score (nSPS) is 15.9. The fraction of sp³-hybridized carbons (Fsp3) is 0.0980. The van der Waals surface area contributed by atoms with E-state index in [0.717, 1.165) is 45.2 Å². The summed E-state index contributed by atoms with van der Waals surface area (Å²) >= 11 is 1.85. The van der Waals surface area contributed by atoms with Crippen molar-refractivity contribution >= 4 is 69.8 Å². The third kappa shape index (κ3) is 5.42. The van der Waals surface area contributed by atoms with Crippen LogP contribution in [-0.4, -0.2) is 20.6 Å². The van der Waals surface area contributed by atoms with Crippen molar-refractivity contribution in [1.29, 1.82) is 0 Å². The second-order valence-electron chi connectivity index (χ2n) is 15.3. The van der Waals surface area contributed by atoms with E-state index in [1.54, 1.807) is 0 Å². The van der Waals surface area contributed by atoms with Crippen molar-refractivity contribution in [2.45, 2.75) is 26.3 Å². The molecule has 0 spiro atoms. The Hall–Kier alpha value is -6.56. The second-order valence-corrected chi connectivity index (χ2v) is 16.3. The van der Waals surface area contributed by atoms with Crippen LogP contribution in [0.4, 0.5) is 0 Å². The molecular formula is C51H38N4S. The van der Waals surface area contributed by atoms with Crippen LogP contribution in [0.1, 0.15) is 25.8 Å². The lowest BCUT2D eigenvalue weighted by Gasteiger charge is -2.28. The number of nitrogens with one attached hydrogen (secondary N) is 1. The third-order valence-electron chi connectivity index (χ3n) is 11.8. The van der Waals surface area contributed by atoms with E-state index in [1.807, 2.05) is 11.3 Å². The average Bonchev–Trinajstić information content (AvgIpc) is 3.79. The van der Waals surface area contributed by atoms with Crippen molar-refractivity contribution in [3.05, 3.63) is 169 Å². The summed E-state index contributed by atoms with van der Waals surface area (Å²) in [6, 6.07) is 57.6. The van der Waals surface area contributed by atoms with Crippen LogP contribution in [0, 0.1) is 5.92 Å². The monoisotopic (exact) mass is 738 g/mol. The Kier molecular flexibility index (Phi) is 7.64. The first-order valence-electron chi connectivity index (χ1n) is 19.4. The van der Waals surface area contributed by atoms with Gasteiger partial charge in [-0.25, -0.2) is 9.97 Å². The van der Waals surface area contributed by atoms with Gasteiger partial charge in [-0.3, -0.25) is 4.57 Å². The van der Waals surface area contributed by atoms with Crippen LogP contribution in [-0.2, 0) is 0 Å². The van der Waals surface area contributed by atoms with E-state index >= 15 is 0 Å². The standard InChI is InChI=1S/C51H38N4S/c1-31-24-39(30-52-32(31)2)37-25-36(33-12-4-3-5-13-33)26-38(27-37)50-43-16-6-9-17-45(43)53-51(54-50)55-46-18-10-7-14-40(46)41-22-20-35(29-47(41)55)34-21-23-49-44(28-34)42-15-8-11-19-48(42)56-49/h3-23,25-32,52H,24H2,1-2H3. The zero-order chi connectivity index (χ0) is 37.3. The zero-order valence-electron chi connectivity index (χ0n) is 31.2. The molecule has 268 valence electrons. The lowest BCUT2D eigenvalue weighted by atomic mass is 9.86. The molecular weight excluding hydrogens is 701 g/mol. The van der Waals surface area contributed by atoms with Gasteiger partial charge in [0.15, 0.2) is 0 Å². The van der Waals surface area contributed by atoms with E-state index in [9.17, 15) is 0 Å². The number of allylic oxidation sites excluding steroid dienone is 1. The highest BCUT2D eigenvalue weighted by molar-refractivity contribution is 7.25. The summed E-state index contributed by atoms with van der Waals surface area (Å²) in [6.07, 6.45) is 3.23. The number of fused-ring (bicyclic) bond motifs is 7. The average molecular weight is 739 g/mol. The fourth-order valence-corrected chi connectivity index (χ4v) is 9.67. The molecule has 1 aliphatic heterocycles. The van der Waals surface area contributed by atoms with E-state index in [1.165, 1.54) is 58.8 Å². The molecule has 0 radical (unpaired) electrons. The van der Waals surface area contributed by atoms with Crippen molar-refractivity contribution < 1.29 is 0 Å². The van der Waals surface area contributed by atoms with Crippen molar-refractivity contribution in [1.82, 2.24) is 19.9 Å². The predicted octanol–water partition coefficient (Wildman–Crippen LogP) is 13.5. The summed E-state index contributed by atoms with van der Waals surface area (Å²) in [6.45, 7) is 4.59. The smallest absolute Gasteiger partial charge is 0.235 e. The van der Waals surface area contributed by atoms with Gasteiger partial charge in [-0.15, -0.1) is 11.3 Å². The Morgan fingerprint density at radius 1 is 0.518 bits per heavy atom. The summed E-state index contributed by atoms with van der Waals surface area (Å²) in [7, 11) is 0. The largest absolute Gasteiger partial charge is 0.388 e. The van der Waals surface area contributed by atoms with Gasteiger partial charge in [0.1, 0.15) is 0 Å². The van der Waals surface area contributed by atoms with Crippen molar-refractivity contribution in [2.75, 3.05) is 0 Å². The summed E-state index contributed by atoms with van der Waals surface area (Å²) in [4.78, 5) is 10.9. The molecule has 4 nitrogen and oxygen atoms in total. The first-order valence-corrected chi connectivity index (χ1v) is 20.3. The van der Waals surface area contributed by atoms with Gasteiger partial charge in [-0.05, 0) is 107 Å². The van der Waals surface area contributed by atoms with E-state index in [0.29, 0.717) is 17.9 Å². The van der Waals surface area contributed by atoms with Crippen molar-refractivity contribution in [3.8, 4) is 39.5 Å². The highest BCUT2D eigenvalue weighted by atomic mass is 32.1. The fourth-order valence-electron chi connectivity index (χ4n) is 8.58. The van der Waals surface area contributed by atoms with Gasteiger partial charge in [0.2, 0.25) is 5.95 Å². The first kappa shape index (κ1) is 32.8. The number of thiophene rings is 1. The van der Waals surface area contributed by atoms with Gasteiger partial charge in [-0.1, -0.05) is 110 Å². The van der Waals surface area contributed by atoms with E-state index in [2.05, 4.69) is 188 Å². The topological polar surface area (TPSA) is 42.7 Å². The molecule has 0 amide bonds. The Bertz CT molecular complexity index is 3190. The van der Waals surface area contributed by atoms with Gasteiger partial charge in [0, 0.05) is 54.1 Å². The molecule has 1 N–H and O–H groups in total. The Labute approximate surface area is 329 Å². The van der Waals surface area contributed by atoms with E-state index in [4.69, 9.17) is 9.97 Å². The lowest BCUT2D eigenvalue weighted by Crippen LogP contribution is -2.32. The van der Waals surface area contributed by atoms with Crippen LogP contribution in [0.5, 0.6) is 0 Å². The first-order chi connectivity index (χ1) is 27.6. The van der Waals surface area contributed by atoms with Gasteiger partial charge in [-0.2, -0.15) is 0 Å². The molecule has 0 bridgehead atoms. The van der Waals surface area contributed by atoms with Gasteiger partial charge in [0.05, 0.1) is 22.2 Å². The minimum atomic E-state index is 0.439. The van der Waals surface area contributed by atoms with Crippen LogP contribution in [0.2, 0.25) is 0 Å². The molecule has 0 saturated carbocycles. The third-order valence-corrected chi connectivity index (χ3v) is 12.9. The Morgan fingerprint density at radius 3 is 2.07 bits per heavy atom. The molecule has 56 heavy (non-hydrogen) atoms. The van der Waals surface area contributed by atoms with Gasteiger partial charge >= 0.3 is 0 Å². The summed E-state index contributed by atoms with van der Waals surface area (Å²) in [5.74, 6) is 1.19. The summed E-state index contributed by atoms with van der Waals surface area (Å²) < 4.78 is 4.89. The Morgan fingerprint density at radius 2 is 1.20 bits per heavy atom. The number of hydrogen-bond donors (Lipinski definition) is 1. The molecule has 4 heterocycles. The number of benzene rings is 7. The van der Waals surface area contributed by atoms with Crippen LogP contribution in [0.3, 0.4) is 0 Å². The zero-order valence-corrected chi connectivity index (χ0v) is 32.0. The highest BCUT2D eigenvalue weighted by Gasteiger charge is 2.22. The molecule has 0 fully saturated rings. The maximum absolute atomic E-state index is 5.55. The molecule has 2 unspecified atom stereocenters. The molecule has 3 aromatic heterocycles. The molecule has 0 saturated heterocycles. The number of nitrogens with zero attached hydrogens (tertiary/aromatic N) is 3. The van der Waals surface area contributed by atoms with Crippen LogP contribution < -0.4 is 5.32 Å². The maximum atomic E-state index is 5.55.